The third-order valence-corrected chi connectivity index (χ3v) is 7.20. The smallest absolute Gasteiger partial charge is 0.309 e. The van der Waals surface area contributed by atoms with Crippen molar-refractivity contribution in [2.45, 2.75) is 44.1 Å². The Morgan fingerprint density at radius 3 is 2.44 bits per heavy atom. The zero-order valence-electron chi connectivity index (χ0n) is 18.2. The number of nitrogens with zero attached hydrogens (tertiary/aromatic N) is 2. The van der Waals surface area contributed by atoms with Crippen molar-refractivity contribution in [2.24, 2.45) is 5.92 Å². The Hall–Kier alpha value is -2.92. The summed E-state index contributed by atoms with van der Waals surface area (Å²) in [7, 11) is -2.15. The minimum absolute atomic E-state index is 0.171. The lowest BCUT2D eigenvalue weighted by Gasteiger charge is -2.30. The number of piperidine rings is 1. The highest BCUT2D eigenvalue weighted by Gasteiger charge is 2.34. The second-order valence-corrected chi connectivity index (χ2v) is 9.44. The maximum atomic E-state index is 12.9. The van der Waals surface area contributed by atoms with Crippen LogP contribution in [0.25, 0.3) is 0 Å². The van der Waals surface area contributed by atoms with Gasteiger partial charge in [-0.1, -0.05) is 12.1 Å². The third-order valence-electron chi connectivity index (χ3n) is 5.29. The Morgan fingerprint density at radius 1 is 1.25 bits per heavy atom. The van der Waals surface area contributed by atoms with Crippen molar-refractivity contribution in [1.82, 2.24) is 9.46 Å². The Balaban J connectivity index is 1.55. The third kappa shape index (κ3) is 5.46. The number of anilines is 1. The van der Waals surface area contributed by atoms with E-state index >= 15 is 0 Å². The molecule has 0 aliphatic carbocycles. The van der Waals surface area contributed by atoms with Crippen molar-refractivity contribution in [3.05, 3.63) is 36.1 Å². The summed E-state index contributed by atoms with van der Waals surface area (Å²) in [5.74, 6) is -0.119. The summed E-state index contributed by atoms with van der Waals surface area (Å²) in [6.07, 6.45) is -0.0524. The lowest BCUT2D eigenvalue weighted by molar-refractivity contribution is -0.159. The molecule has 0 saturated carbocycles. The van der Waals surface area contributed by atoms with Gasteiger partial charge in [-0.25, -0.2) is 8.42 Å². The van der Waals surface area contributed by atoms with Gasteiger partial charge in [0.1, 0.15) is 11.5 Å². The van der Waals surface area contributed by atoms with Crippen molar-refractivity contribution in [2.75, 3.05) is 25.5 Å². The molecule has 11 heteroatoms. The number of hydrogen-bond donors (Lipinski definition) is 1. The summed E-state index contributed by atoms with van der Waals surface area (Å²) in [5.41, 5.74) is 0. The van der Waals surface area contributed by atoms with Crippen LogP contribution >= 0.6 is 0 Å². The number of carbonyl (C=O) groups excluding carboxylic acids is 2. The molecule has 1 aliphatic rings. The highest BCUT2D eigenvalue weighted by molar-refractivity contribution is 7.89. The van der Waals surface area contributed by atoms with Crippen LogP contribution < -0.4 is 10.1 Å². The fraction of sp³-hybridized carbons (Fsp3) is 0.476. The van der Waals surface area contributed by atoms with Crippen LogP contribution in [-0.4, -0.2) is 56.1 Å². The Labute approximate surface area is 186 Å². The molecule has 0 unspecified atom stereocenters. The van der Waals surface area contributed by atoms with Gasteiger partial charge in [0.15, 0.2) is 11.9 Å². The fourth-order valence-electron chi connectivity index (χ4n) is 3.42. The van der Waals surface area contributed by atoms with Crippen LogP contribution in [0.4, 0.5) is 5.82 Å². The molecule has 1 atom stereocenters. The standard InChI is InChI=1S/C21H27N3O7S/c1-4-18(20(25)22-19-13-14(2)31-23-19)30-21(26)15-9-11-24(12-10-15)32(27,28)17-7-5-16(29-3)6-8-17/h5-8,13,15,18H,4,9-12H2,1-3H3,(H,22,23,25)/t18-/m0/s1. The lowest BCUT2D eigenvalue weighted by atomic mass is 9.98. The van der Waals surface area contributed by atoms with E-state index in [1.807, 2.05) is 0 Å². The van der Waals surface area contributed by atoms with Crippen molar-refractivity contribution < 1.29 is 32.0 Å². The molecule has 0 spiro atoms. The molecular weight excluding hydrogens is 438 g/mol. The van der Waals surface area contributed by atoms with E-state index in [0.29, 0.717) is 30.8 Å². The van der Waals surface area contributed by atoms with E-state index < -0.39 is 33.9 Å². The molecular formula is C21H27N3O7S. The van der Waals surface area contributed by atoms with Crippen LogP contribution in [-0.2, 0) is 24.3 Å². The zero-order valence-corrected chi connectivity index (χ0v) is 19.1. The van der Waals surface area contributed by atoms with Crippen LogP contribution in [0.3, 0.4) is 0 Å². The number of aromatic nitrogens is 1. The van der Waals surface area contributed by atoms with Gasteiger partial charge < -0.3 is 19.3 Å². The molecule has 2 aromatic rings. The molecule has 0 radical (unpaired) electrons. The van der Waals surface area contributed by atoms with Gasteiger partial charge in [-0.2, -0.15) is 4.31 Å². The molecule has 1 saturated heterocycles. The first-order valence-electron chi connectivity index (χ1n) is 10.3. The number of hydrogen-bond acceptors (Lipinski definition) is 8. The SMILES string of the molecule is CC[C@H](OC(=O)C1CCN(S(=O)(=O)c2ccc(OC)cc2)CC1)C(=O)Nc1cc(C)on1. The van der Waals surface area contributed by atoms with Gasteiger partial charge >= 0.3 is 5.97 Å². The Kier molecular flexibility index (Phi) is 7.52. The number of aryl methyl sites for hydroxylation is 1. The van der Waals surface area contributed by atoms with E-state index in [9.17, 15) is 18.0 Å². The zero-order chi connectivity index (χ0) is 23.3. The number of benzene rings is 1. The molecule has 1 fully saturated rings. The monoisotopic (exact) mass is 465 g/mol. The number of rotatable bonds is 8. The topological polar surface area (TPSA) is 128 Å². The molecule has 1 aromatic carbocycles. The van der Waals surface area contributed by atoms with Gasteiger partial charge in [0.2, 0.25) is 10.0 Å². The molecule has 174 valence electrons. The summed E-state index contributed by atoms with van der Waals surface area (Å²) < 4.78 is 42.5. The number of sulfonamides is 1. The number of methoxy groups -OCH3 is 1. The average molecular weight is 466 g/mol. The summed E-state index contributed by atoms with van der Waals surface area (Å²) in [4.78, 5) is 25.2. The Bertz CT molecular complexity index is 1040. The van der Waals surface area contributed by atoms with Crippen LogP contribution in [0.2, 0.25) is 0 Å². The van der Waals surface area contributed by atoms with Gasteiger partial charge in [0, 0.05) is 19.2 Å². The predicted molar refractivity (Wildman–Crippen MR) is 115 cm³/mol. The van der Waals surface area contributed by atoms with Crippen molar-refractivity contribution in [3.8, 4) is 5.75 Å². The van der Waals surface area contributed by atoms with Crippen LogP contribution in [0.15, 0.2) is 39.8 Å². The molecule has 3 rings (SSSR count). The van der Waals surface area contributed by atoms with Gasteiger partial charge in [0.25, 0.3) is 5.91 Å². The normalized spacial score (nSPS) is 16.3. The highest BCUT2D eigenvalue weighted by atomic mass is 32.2. The Morgan fingerprint density at radius 2 is 1.91 bits per heavy atom. The second-order valence-electron chi connectivity index (χ2n) is 7.50. The first-order chi connectivity index (χ1) is 15.2. The maximum absolute atomic E-state index is 12.9. The van der Waals surface area contributed by atoms with Crippen LogP contribution in [0.5, 0.6) is 5.75 Å². The maximum Gasteiger partial charge on any atom is 0.309 e. The minimum atomic E-state index is -3.66. The quantitative estimate of drug-likeness (QED) is 0.589. The number of nitrogens with one attached hydrogen (secondary N) is 1. The average Bonchev–Trinajstić information content (AvgIpc) is 3.21. The predicted octanol–water partition coefficient (Wildman–Crippen LogP) is 2.35. The van der Waals surface area contributed by atoms with Gasteiger partial charge in [-0.3, -0.25) is 9.59 Å². The molecule has 1 aliphatic heterocycles. The molecule has 2 heterocycles. The summed E-state index contributed by atoms with van der Waals surface area (Å²) in [6, 6.07) is 7.73. The molecule has 0 bridgehead atoms. The molecule has 1 amide bonds. The van der Waals surface area contributed by atoms with Gasteiger partial charge in [-0.05, 0) is 50.5 Å². The van der Waals surface area contributed by atoms with Crippen LogP contribution in [0.1, 0.15) is 31.9 Å². The lowest BCUT2D eigenvalue weighted by Crippen LogP contribution is -2.42. The van der Waals surface area contributed by atoms with Gasteiger partial charge in [-0.15, -0.1) is 0 Å². The number of amides is 1. The highest BCUT2D eigenvalue weighted by Crippen LogP contribution is 2.26. The molecule has 32 heavy (non-hydrogen) atoms. The first kappa shape index (κ1) is 23.7. The van der Waals surface area contributed by atoms with E-state index in [-0.39, 0.29) is 23.8 Å². The second kappa shape index (κ2) is 10.1. The van der Waals surface area contributed by atoms with E-state index in [1.54, 1.807) is 32.0 Å². The van der Waals surface area contributed by atoms with E-state index in [0.717, 1.165) is 0 Å². The first-order valence-corrected chi connectivity index (χ1v) is 11.8. The van der Waals surface area contributed by atoms with Crippen LogP contribution in [0, 0.1) is 12.8 Å². The number of ether oxygens (including phenoxy) is 2. The summed E-state index contributed by atoms with van der Waals surface area (Å²) in [5, 5.41) is 6.25. The number of carbonyl (C=O) groups is 2. The largest absolute Gasteiger partial charge is 0.497 e. The number of esters is 1. The fourth-order valence-corrected chi connectivity index (χ4v) is 4.89. The van der Waals surface area contributed by atoms with Crippen molar-refractivity contribution >= 4 is 27.7 Å². The molecule has 10 nitrogen and oxygen atoms in total. The minimum Gasteiger partial charge on any atom is -0.497 e. The van der Waals surface area contributed by atoms with Crippen molar-refractivity contribution in [1.29, 1.82) is 0 Å². The van der Waals surface area contributed by atoms with E-state index in [2.05, 4.69) is 10.5 Å². The van der Waals surface area contributed by atoms with E-state index in [1.165, 1.54) is 23.5 Å². The molecule has 1 aromatic heterocycles. The summed E-state index contributed by atoms with van der Waals surface area (Å²) in [6.45, 7) is 3.81. The van der Waals surface area contributed by atoms with Gasteiger partial charge in [0.05, 0.1) is 17.9 Å². The van der Waals surface area contributed by atoms with E-state index in [4.69, 9.17) is 14.0 Å². The van der Waals surface area contributed by atoms with Crippen molar-refractivity contribution in [3.63, 3.8) is 0 Å². The molecule has 1 N–H and O–H groups in total. The summed E-state index contributed by atoms with van der Waals surface area (Å²) >= 11 is 0.